The van der Waals surface area contributed by atoms with E-state index in [2.05, 4.69) is 30.4 Å². The summed E-state index contributed by atoms with van der Waals surface area (Å²) >= 11 is 0. The molecule has 0 aromatic carbocycles. The predicted molar refractivity (Wildman–Crippen MR) is 98.5 cm³/mol. The van der Waals surface area contributed by atoms with Gasteiger partial charge in [0.1, 0.15) is 0 Å². The fourth-order valence-corrected chi connectivity index (χ4v) is 7.13. The lowest BCUT2D eigenvalue weighted by atomic mass is 9.47. The molecular formula is C21H32N2O2. The molecule has 0 spiro atoms. The Hall–Kier alpha value is -1.32. The van der Waals surface area contributed by atoms with Crippen LogP contribution in [0.4, 0.5) is 0 Å². The van der Waals surface area contributed by atoms with Crippen molar-refractivity contribution in [3.63, 3.8) is 0 Å². The molecule has 0 radical (unpaired) electrons. The van der Waals surface area contributed by atoms with Crippen molar-refractivity contribution in [2.75, 3.05) is 0 Å². The van der Waals surface area contributed by atoms with Crippen LogP contribution < -0.4 is 5.32 Å². The maximum Gasteiger partial charge on any atom is 0.217 e. The SMILES string of the molecule is CC(=O)N[C@H]1CC[C@H]2[C@@H]3CCC4=C/C(=N\O)CC[C@]4(C)[C@H]3CC[C@]12C. The molecule has 0 bridgehead atoms. The van der Waals surface area contributed by atoms with E-state index in [4.69, 9.17) is 5.21 Å². The van der Waals surface area contributed by atoms with E-state index in [1.165, 1.54) is 31.3 Å². The first kappa shape index (κ1) is 17.1. The normalized spacial score (nSPS) is 47.5. The van der Waals surface area contributed by atoms with E-state index in [9.17, 15) is 4.79 Å². The average Bonchev–Trinajstić information content (AvgIpc) is 2.90. The molecular weight excluding hydrogens is 312 g/mol. The maximum absolute atomic E-state index is 11.6. The molecule has 2 N–H and O–H groups in total. The lowest BCUT2D eigenvalue weighted by Gasteiger charge is -2.58. The largest absolute Gasteiger partial charge is 0.411 e. The van der Waals surface area contributed by atoms with Crippen LogP contribution in [0.1, 0.15) is 72.1 Å². The molecule has 4 heteroatoms. The summed E-state index contributed by atoms with van der Waals surface area (Å²) in [5.74, 6) is 2.40. The highest BCUT2D eigenvalue weighted by Gasteiger charge is 2.58. The van der Waals surface area contributed by atoms with Gasteiger partial charge < -0.3 is 10.5 Å². The number of fused-ring (bicyclic) bond motifs is 5. The third kappa shape index (κ3) is 2.47. The zero-order valence-electron chi connectivity index (χ0n) is 15.8. The van der Waals surface area contributed by atoms with Gasteiger partial charge in [0.15, 0.2) is 0 Å². The zero-order chi connectivity index (χ0) is 17.8. The Morgan fingerprint density at radius 3 is 2.68 bits per heavy atom. The summed E-state index contributed by atoms with van der Waals surface area (Å²) in [6, 6.07) is 0.361. The van der Waals surface area contributed by atoms with Crippen molar-refractivity contribution >= 4 is 11.6 Å². The molecule has 25 heavy (non-hydrogen) atoms. The summed E-state index contributed by atoms with van der Waals surface area (Å²) in [6.07, 6.45) is 11.5. The lowest BCUT2D eigenvalue weighted by Crippen LogP contribution is -2.53. The fraction of sp³-hybridized carbons (Fsp3) is 0.810. The Morgan fingerprint density at radius 2 is 1.96 bits per heavy atom. The Balaban J connectivity index is 1.61. The summed E-state index contributed by atoms with van der Waals surface area (Å²) in [5, 5.41) is 15.9. The van der Waals surface area contributed by atoms with Gasteiger partial charge in [0.25, 0.3) is 0 Å². The zero-order valence-corrected chi connectivity index (χ0v) is 15.8. The monoisotopic (exact) mass is 344 g/mol. The van der Waals surface area contributed by atoms with Crippen LogP contribution in [0.15, 0.2) is 16.8 Å². The van der Waals surface area contributed by atoms with Crippen molar-refractivity contribution in [2.24, 2.45) is 33.7 Å². The minimum Gasteiger partial charge on any atom is -0.411 e. The van der Waals surface area contributed by atoms with E-state index >= 15 is 0 Å². The maximum atomic E-state index is 11.6. The molecule has 0 aromatic heterocycles. The first-order chi connectivity index (χ1) is 11.9. The quantitative estimate of drug-likeness (QED) is 0.551. The molecule has 0 unspecified atom stereocenters. The first-order valence-corrected chi connectivity index (χ1v) is 10.1. The van der Waals surface area contributed by atoms with E-state index in [1.54, 1.807) is 6.92 Å². The highest BCUT2D eigenvalue weighted by molar-refractivity contribution is 5.96. The van der Waals surface area contributed by atoms with Crippen molar-refractivity contribution in [3.8, 4) is 0 Å². The summed E-state index contributed by atoms with van der Waals surface area (Å²) in [6.45, 7) is 6.56. The van der Waals surface area contributed by atoms with Gasteiger partial charge in [0, 0.05) is 13.0 Å². The van der Waals surface area contributed by atoms with Crippen molar-refractivity contribution in [3.05, 3.63) is 11.6 Å². The van der Waals surface area contributed by atoms with Crippen LogP contribution in [0.5, 0.6) is 0 Å². The number of rotatable bonds is 1. The fourth-order valence-electron chi connectivity index (χ4n) is 7.13. The molecule has 1 amide bonds. The number of carbonyl (C=O) groups is 1. The van der Waals surface area contributed by atoms with Gasteiger partial charge in [-0.1, -0.05) is 24.6 Å². The number of carbonyl (C=O) groups excluding carboxylic acids is 1. The van der Waals surface area contributed by atoms with Gasteiger partial charge in [0.05, 0.1) is 5.71 Å². The third-order valence-corrected chi connectivity index (χ3v) is 8.48. The van der Waals surface area contributed by atoms with E-state index in [0.717, 1.165) is 49.1 Å². The van der Waals surface area contributed by atoms with Crippen LogP contribution >= 0.6 is 0 Å². The van der Waals surface area contributed by atoms with Crippen molar-refractivity contribution < 1.29 is 10.0 Å². The van der Waals surface area contributed by atoms with E-state index < -0.39 is 0 Å². The van der Waals surface area contributed by atoms with Gasteiger partial charge in [0.2, 0.25) is 5.91 Å². The molecule has 4 nitrogen and oxygen atoms in total. The molecule has 4 aliphatic carbocycles. The minimum absolute atomic E-state index is 0.123. The van der Waals surface area contributed by atoms with E-state index in [0.29, 0.717) is 6.04 Å². The Kier molecular flexibility index (Phi) is 4.01. The van der Waals surface area contributed by atoms with Gasteiger partial charge >= 0.3 is 0 Å². The molecule has 6 atom stereocenters. The average molecular weight is 344 g/mol. The van der Waals surface area contributed by atoms with Gasteiger partial charge in [-0.3, -0.25) is 4.79 Å². The molecule has 0 aliphatic heterocycles. The third-order valence-electron chi connectivity index (χ3n) is 8.48. The summed E-state index contributed by atoms with van der Waals surface area (Å²) in [4.78, 5) is 11.6. The smallest absolute Gasteiger partial charge is 0.217 e. The van der Waals surface area contributed by atoms with Crippen molar-refractivity contribution in [1.29, 1.82) is 0 Å². The second-order valence-electron chi connectivity index (χ2n) is 9.47. The summed E-state index contributed by atoms with van der Waals surface area (Å²) in [5.41, 5.74) is 2.94. The van der Waals surface area contributed by atoms with Crippen LogP contribution in [0.2, 0.25) is 0 Å². The molecule has 0 heterocycles. The van der Waals surface area contributed by atoms with Crippen LogP contribution in [0.25, 0.3) is 0 Å². The second kappa shape index (κ2) is 5.85. The van der Waals surface area contributed by atoms with Gasteiger partial charge in [-0.25, -0.2) is 0 Å². The molecule has 138 valence electrons. The number of hydrogen-bond acceptors (Lipinski definition) is 3. The molecule has 0 saturated heterocycles. The molecule has 4 aliphatic rings. The molecule has 0 aromatic rings. The van der Waals surface area contributed by atoms with Crippen molar-refractivity contribution in [2.45, 2.75) is 78.2 Å². The molecule has 3 fully saturated rings. The van der Waals surface area contributed by atoms with Crippen molar-refractivity contribution in [1.82, 2.24) is 5.32 Å². The highest BCUT2D eigenvalue weighted by atomic mass is 16.4. The van der Waals surface area contributed by atoms with E-state index in [-0.39, 0.29) is 16.7 Å². The Morgan fingerprint density at radius 1 is 1.16 bits per heavy atom. The topological polar surface area (TPSA) is 61.7 Å². The Bertz CT molecular complexity index is 640. The number of amides is 1. The van der Waals surface area contributed by atoms with Crippen LogP contribution in [0, 0.1) is 28.6 Å². The van der Waals surface area contributed by atoms with Crippen LogP contribution in [0.3, 0.4) is 0 Å². The second-order valence-corrected chi connectivity index (χ2v) is 9.47. The highest BCUT2D eigenvalue weighted by Crippen LogP contribution is 2.65. The minimum atomic E-state index is 0.123. The lowest BCUT2D eigenvalue weighted by molar-refractivity contribution is -0.121. The van der Waals surface area contributed by atoms with Gasteiger partial charge in [-0.15, -0.1) is 0 Å². The first-order valence-electron chi connectivity index (χ1n) is 10.1. The van der Waals surface area contributed by atoms with Crippen LogP contribution in [-0.4, -0.2) is 22.9 Å². The standard InChI is InChI=1S/C21H32N2O2/c1-13(24)22-19-7-6-17-16-5-4-14-12-15(23-25)8-10-20(14,2)18(16)9-11-21(17,19)3/h12,16-19,25H,4-11H2,1-3H3,(H,22,24)/b23-15-/t16-,17-,18-,19-,20-,21-/m0/s1. The summed E-state index contributed by atoms with van der Waals surface area (Å²) in [7, 11) is 0. The molecule has 4 rings (SSSR count). The molecule has 3 saturated carbocycles. The number of nitrogens with zero attached hydrogens (tertiary/aromatic N) is 1. The predicted octanol–water partition coefficient (Wildman–Crippen LogP) is 4.28. The number of hydrogen-bond donors (Lipinski definition) is 2. The van der Waals surface area contributed by atoms with Gasteiger partial charge in [-0.2, -0.15) is 0 Å². The number of nitrogens with one attached hydrogen (secondary N) is 1. The van der Waals surface area contributed by atoms with E-state index in [1.807, 2.05) is 0 Å². The van der Waals surface area contributed by atoms with Gasteiger partial charge in [-0.05, 0) is 86.0 Å². The summed E-state index contributed by atoms with van der Waals surface area (Å²) < 4.78 is 0. The Labute approximate surface area is 151 Å². The van der Waals surface area contributed by atoms with Crippen LogP contribution in [-0.2, 0) is 4.79 Å². The number of oxime groups is 1. The number of allylic oxidation sites excluding steroid dienone is 2.